The van der Waals surface area contributed by atoms with Gasteiger partial charge in [0, 0.05) is 0 Å². The molecule has 2 aromatic rings. The zero-order valence-electron chi connectivity index (χ0n) is 12.4. The number of primary amides is 1. The zero-order chi connectivity index (χ0) is 16.5. The van der Waals surface area contributed by atoms with Gasteiger partial charge in [-0.05, 0) is 45.0 Å². The molecule has 0 unspecified atom stereocenters. The summed E-state index contributed by atoms with van der Waals surface area (Å²) in [7, 11) is 0. The Morgan fingerprint density at radius 3 is 2.41 bits per heavy atom. The summed E-state index contributed by atoms with van der Waals surface area (Å²) in [6.07, 6.45) is 0. The lowest BCUT2D eigenvalue weighted by molar-refractivity contribution is -0.122. The van der Waals surface area contributed by atoms with E-state index in [2.05, 4.69) is 15.6 Å². The molecule has 2 rings (SSSR count). The first-order valence-corrected chi connectivity index (χ1v) is 6.53. The number of rotatable bonds is 4. The van der Waals surface area contributed by atoms with Gasteiger partial charge in [-0.25, -0.2) is 9.07 Å². The van der Waals surface area contributed by atoms with Gasteiger partial charge in [-0.15, -0.1) is 5.10 Å². The summed E-state index contributed by atoms with van der Waals surface area (Å²) in [4.78, 5) is 23.5. The smallest absolute Gasteiger partial charge is 0.274 e. The maximum Gasteiger partial charge on any atom is 0.274 e. The van der Waals surface area contributed by atoms with Crippen LogP contribution >= 0.6 is 0 Å². The second kappa shape index (κ2) is 5.55. The van der Waals surface area contributed by atoms with Crippen LogP contribution in [0.25, 0.3) is 5.69 Å². The van der Waals surface area contributed by atoms with Gasteiger partial charge >= 0.3 is 0 Å². The number of benzene rings is 1. The van der Waals surface area contributed by atoms with Gasteiger partial charge < -0.3 is 11.1 Å². The van der Waals surface area contributed by atoms with E-state index in [1.165, 1.54) is 42.8 Å². The first kappa shape index (κ1) is 15.6. The normalized spacial score (nSPS) is 11.3. The summed E-state index contributed by atoms with van der Waals surface area (Å²) in [5, 5.41) is 10.2. The van der Waals surface area contributed by atoms with Crippen LogP contribution in [0.15, 0.2) is 24.3 Å². The number of hydrogen-bond donors (Lipinski definition) is 2. The lowest BCUT2D eigenvalue weighted by Gasteiger charge is -2.21. The fourth-order valence-corrected chi connectivity index (χ4v) is 1.77. The largest absolute Gasteiger partial charge is 0.368 e. The number of carbonyl (C=O) groups is 2. The van der Waals surface area contributed by atoms with Gasteiger partial charge in [0.05, 0.1) is 11.4 Å². The average molecular weight is 305 g/mol. The summed E-state index contributed by atoms with van der Waals surface area (Å²) < 4.78 is 14.4. The Hall–Kier alpha value is -2.77. The highest BCUT2D eigenvalue weighted by Gasteiger charge is 2.29. The van der Waals surface area contributed by atoms with Crippen LogP contribution in [0.2, 0.25) is 0 Å². The molecule has 0 saturated carbocycles. The van der Waals surface area contributed by atoms with Crippen LogP contribution in [-0.4, -0.2) is 32.3 Å². The van der Waals surface area contributed by atoms with Crippen LogP contribution < -0.4 is 11.1 Å². The van der Waals surface area contributed by atoms with Crippen molar-refractivity contribution in [2.24, 2.45) is 5.73 Å². The van der Waals surface area contributed by atoms with E-state index in [9.17, 15) is 14.0 Å². The summed E-state index contributed by atoms with van der Waals surface area (Å²) in [6, 6.07) is 5.61. The van der Waals surface area contributed by atoms with E-state index in [-0.39, 0.29) is 11.5 Å². The Kier molecular flexibility index (Phi) is 3.94. The van der Waals surface area contributed by atoms with Gasteiger partial charge in [0.15, 0.2) is 5.69 Å². The maximum absolute atomic E-state index is 12.9. The number of nitrogens with zero attached hydrogens (tertiary/aromatic N) is 3. The van der Waals surface area contributed by atoms with Crippen LogP contribution in [0.4, 0.5) is 4.39 Å². The van der Waals surface area contributed by atoms with E-state index in [4.69, 9.17) is 5.73 Å². The summed E-state index contributed by atoms with van der Waals surface area (Å²) in [5.74, 6) is -1.60. The zero-order valence-corrected chi connectivity index (χ0v) is 12.4. The molecule has 2 amide bonds. The van der Waals surface area contributed by atoms with Crippen LogP contribution in [-0.2, 0) is 4.79 Å². The third kappa shape index (κ3) is 2.95. The summed E-state index contributed by atoms with van der Waals surface area (Å²) in [5.41, 5.74) is 5.11. The molecule has 7 nitrogen and oxygen atoms in total. The summed E-state index contributed by atoms with van der Waals surface area (Å²) >= 11 is 0. The van der Waals surface area contributed by atoms with Gasteiger partial charge in [0.25, 0.3) is 5.91 Å². The number of carbonyl (C=O) groups excluding carboxylic acids is 2. The molecule has 0 radical (unpaired) electrons. The molecule has 0 aliphatic rings. The minimum absolute atomic E-state index is 0.0682. The summed E-state index contributed by atoms with van der Waals surface area (Å²) in [6.45, 7) is 4.63. The van der Waals surface area contributed by atoms with E-state index < -0.39 is 17.4 Å². The van der Waals surface area contributed by atoms with Gasteiger partial charge in [-0.1, -0.05) is 5.21 Å². The van der Waals surface area contributed by atoms with Gasteiger partial charge in [-0.3, -0.25) is 9.59 Å². The minimum Gasteiger partial charge on any atom is -0.368 e. The quantitative estimate of drug-likeness (QED) is 0.868. The predicted octanol–water partition coefficient (Wildman–Crippen LogP) is 0.709. The molecular formula is C14H16FN5O2. The molecule has 0 aliphatic heterocycles. The molecule has 0 saturated heterocycles. The second-order valence-corrected chi connectivity index (χ2v) is 5.36. The van der Waals surface area contributed by atoms with Crippen LogP contribution in [0, 0.1) is 12.7 Å². The Labute approximate surface area is 126 Å². The Morgan fingerprint density at radius 2 is 1.86 bits per heavy atom. The Morgan fingerprint density at radius 1 is 1.27 bits per heavy atom. The van der Waals surface area contributed by atoms with Gasteiger partial charge in [0.2, 0.25) is 5.91 Å². The lowest BCUT2D eigenvalue weighted by atomic mass is 10.0. The van der Waals surface area contributed by atoms with Gasteiger partial charge in [-0.2, -0.15) is 0 Å². The second-order valence-electron chi connectivity index (χ2n) is 5.36. The van der Waals surface area contributed by atoms with E-state index >= 15 is 0 Å². The van der Waals surface area contributed by atoms with E-state index in [0.717, 1.165) is 0 Å². The SMILES string of the molecule is Cc1c(C(=O)NC(C)(C)C(N)=O)nnn1-c1ccc(F)cc1. The van der Waals surface area contributed by atoms with Crippen molar-refractivity contribution in [2.75, 3.05) is 0 Å². The molecular weight excluding hydrogens is 289 g/mol. The van der Waals surface area contributed by atoms with Crippen LogP contribution in [0.3, 0.4) is 0 Å². The third-order valence-electron chi connectivity index (χ3n) is 3.22. The lowest BCUT2D eigenvalue weighted by Crippen LogP contribution is -2.53. The first-order chi connectivity index (χ1) is 10.2. The minimum atomic E-state index is -1.21. The standard InChI is InChI=1S/C14H16FN5O2/c1-8-11(12(21)17-14(2,3)13(16)22)18-19-20(8)10-6-4-9(15)5-7-10/h4-7H,1-3H3,(H2,16,22)(H,17,21). The number of nitrogens with two attached hydrogens (primary N) is 1. The van der Waals surface area contributed by atoms with Crippen LogP contribution in [0.1, 0.15) is 30.0 Å². The highest BCUT2D eigenvalue weighted by molar-refractivity contribution is 5.97. The molecule has 116 valence electrons. The Balaban J connectivity index is 2.30. The van der Waals surface area contributed by atoms with Crippen molar-refractivity contribution in [1.29, 1.82) is 0 Å². The number of halogens is 1. The number of nitrogens with one attached hydrogen (secondary N) is 1. The molecule has 0 spiro atoms. The number of aromatic nitrogens is 3. The predicted molar refractivity (Wildman–Crippen MR) is 76.8 cm³/mol. The maximum atomic E-state index is 12.9. The van der Waals surface area contributed by atoms with Gasteiger partial charge in [0.1, 0.15) is 11.4 Å². The van der Waals surface area contributed by atoms with Crippen molar-refractivity contribution in [1.82, 2.24) is 20.3 Å². The fraction of sp³-hybridized carbons (Fsp3) is 0.286. The van der Waals surface area contributed by atoms with Crippen molar-refractivity contribution in [3.05, 3.63) is 41.5 Å². The van der Waals surface area contributed by atoms with E-state index in [1.54, 1.807) is 6.92 Å². The van der Waals surface area contributed by atoms with Crippen molar-refractivity contribution < 1.29 is 14.0 Å². The number of amides is 2. The monoisotopic (exact) mass is 305 g/mol. The van der Waals surface area contributed by atoms with Crippen molar-refractivity contribution in [2.45, 2.75) is 26.3 Å². The van der Waals surface area contributed by atoms with E-state index in [1.807, 2.05) is 0 Å². The molecule has 8 heteroatoms. The Bertz CT molecular complexity index is 721. The highest BCUT2D eigenvalue weighted by atomic mass is 19.1. The van der Waals surface area contributed by atoms with E-state index in [0.29, 0.717) is 11.4 Å². The molecule has 1 heterocycles. The van der Waals surface area contributed by atoms with Crippen molar-refractivity contribution >= 4 is 11.8 Å². The fourth-order valence-electron chi connectivity index (χ4n) is 1.77. The first-order valence-electron chi connectivity index (χ1n) is 6.53. The molecule has 1 aromatic heterocycles. The average Bonchev–Trinajstić information content (AvgIpc) is 2.81. The molecule has 0 aliphatic carbocycles. The van der Waals surface area contributed by atoms with Crippen molar-refractivity contribution in [3.8, 4) is 5.69 Å². The highest BCUT2D eigenvalue weighted by Crippen LogP contribution is 2.13. The molecule has 3 N–H and O–H groups in total. The van der Waals surface area contributed by atoms with Crippen molar-refractivity contribution in [3.63, 3.8) is 0 Å². The number of hydrogen-bond acceptors (Lipinski definition) is 4. The van der Waals surface area contributed by atoms with Crippen LogP contribution in [0.5, 0.6) is 0 Å². The molecule has 0 atom stereocenters. The topological polar surface area (TPSA) is 103 Å². The molecule has 1 aromatic carbocycles. The molecule has 22 heavy (non-hydrogen) atoms. The molecule has 0 bridgehead atoms. The third-order valence-corrected chi connectivity index (χ3v) is 3.22. The molecule has 0 fully saturated rings.